The lowest BCUT2D eigenvalue weighted by molar-refractivity contribution is 0.0572. The molecule has 2 heterocycles. The molecule has 2 atom stereocenters. The van der Waals surface area contributed by atoms with E-state index in [1.165, 1.54) is 25.3 Å². The molecule has 174 valence electrons. The molecule has 0 spiro atoms. The predicted molar refractivity (Wildman–Crippen MR) is 127 cm³/mol. The van der Waals surface area contributed by atoms with Crippen LogP contribution in [0, 0.1) is 6.92 Å². The van der Waals surface area contributed by atoms with Gasteiger partial charge < -0.3 is 19.5 Å². The molecule has 4 rings (SSSR count). The van der Waals surface area contributed by atoms with Crippen LogP contribution in [0.5, 0.6) is 11.8 Å². The zero-order chi connectivity index (χ0) is 23.5. The van der Waals surface area contributed by atoms with E-state index in [1.807, 2.05) is 32.9 Å². The van der Waals surface area contributed by atoms with E-state index in [-0.39, 0.29) is 17.7 Å². The number of pyridine rings is 1. The summed E-state index contributed by atoms with van der Waals surface area (Å²) in [6.45, 7) is 6.95. The Morgan fingerprint density at radius 1 is 1.09 bits per heavy atom. The summed E-state index contributed by atoms with van der Waals surface area (Å²) in [7, 11) is 3.04. The largest absolute Gasteiger partial charge is 0.481 e. The molecule has 0 amide bonds. The average molecular weight is 451 g/mol. The van der Waals surface area contributed by atoms with Crippen molar-refractivity contribution in [3.8, 4) is 23.0 Å². The maximum Gasteiger partial charge on any atom is 0.278 e. The number of hydrogen-bond acceptors (Lipinski definition) is 7. The lowest BCUT2D eigenvalue weighted by atomic mass is 10.1. The van der Waals surface area contributed by atoms with Crippen LogP contribution < -0.4 is 20.3 Å². The second kappa shape index (κ2) is 9.62. The van der Waals surface area contributed by atoms with Crippen molar-refractivity contribution < 1.29 is 14.2 Å². The van der Waals surface area contributed by atoms with Crippen LogP contribution >= 0.6 is 0 Å². The topological polar surface area (TPSA) is 87.5 Å². The Balaban J connectivity index is 1.79. The Hall–Kier alpha value is -3.39. The van der Waals surface area contributed by atoms with Gasteiger partial charge in [0.15, 0.2) is 0 Å². The fourth-order valence-corrected chi connectivity index (χ4v) is 4.47. The van der Waals surface area contributed by atoms with E-state index in [1.54, 1.807) is 16.7 Å². The van der Waals surface area contributed by atoms with Crippen LogP contribution in [0.25, 0.3) is 11.3 Å². The number of ether oxygens (including phenoxy) is 3. The van der Waals surface area contributed by atoms with Crippen LogP contribution in [-0.2, 0) is 17.7 Å². The summed E-state index contributed by atoms with van der Waals surface area (Å²) in [5.41, 5.74) is 3.77. The van der Waals surface area contributed by atoms with Gasteiger partial charge in [-0.15, -0.1) is 0 Å². The highest BCUT2D eigenvalue weighted by atomic mass is 16.5. The Kier molecular flexibility index (Phi) is 6.65. The SMILES string of the molecule is CCO[C@H]1Cc2ccccc2[C@H]1Nc1c(C)nc(-c2ccc(OC)nc2OC)c(=O)n1CC. The molecule has 0 unspecified atom stereocenters. The molecule has 0 saturated carbocycles. The number of aromatic nitrogens is 3. The van der Waals surface area contributed by atoms with Crippen molar-refractivity contribution in [2.75, 3.05) is 26.1 Å². The third-order valence-electron chi connectivity index (χ3n) is 6.00. The van der Waals surface area contributed by atoms with Crippen molar-refractivity contribution in [3.05, 3.63) is 63.6 Å². The quantitative estimate of drug-likeness (QED) is 0.559. The minimum absolute atomic E-state index is 0.0160. The van der Waals surface area contributed by atoms with Gasteiger partial charge in [-0.1, -0.05) is 24.3 Å². The first-order valence-corrected chi connectivity index (χ1v) is 11.2. The predicted octanol–water partition coefficient (Wildman–Crippen LogP) is 3.77. The standard InChI is InChI=1S/C25H30N4O4/c1-6-29-23(28-21-17-11-9-8-10-16(17)14-19(21)33-7-2)15(3)26-22(25(29)30)18-12-13-20(31-4)27-24(18)32-5/h8-13,19,21,28H,6-7,14H2,1-5H3/t19-,21+/m0/s1. The molecular weight excluding hydrogens is 420 g/mol. The summed E-state index contributed by atoms with van der Waals surface area (Å²) < 4.78 is 18.4. The van der Waals surface area contributed by atoms with Crippen molar-refractivity contribution in [2.24, 2.45) is 0 Å². The monoisotopic (exact) mass is 450 g/mol. The first kappa shape index (κ1) is 22.8. The first-order chi connectivity index (χ1) is 16.0. The number of nitrogens with zero attached hydrogens (tertiary/aromatic N) is 3. The van der Waals surface area contributed by atoms with Crippen molar-refractivity contribution in [1.29, 1.82) is 0 Å². The van der Waals surface area contributed by atoms with Crippen molar-refractivity contribution in [3.63, 3.8) is 0 Å². The van der Waals surface area contributed by atoms with Gasteiger partial charge in [0, 0.05) is 25.6 Å². The third kappa shape index (κ3) is 4.18. The van der Waals surface area contributed by atoms with E-state index < -0.39 is 0 Å². The molecule has 3 aromatic rings. The highest BCUT2D eigenvalue weighted by Gasteiger charge is 2.34. The van der Waals surface area contributed by atoms with Crippen LogP contribution in [0.2, 0.25) is 0 Å². The molecule has 0 bridgehead atoms. The minimum atomic E-state index is -0.213. The van der Waals surface area contributed by atoms with Gasteiger partial charge in [-0.2, -0.15) is 4.98 Å². The molecule has 1 aromatic carbocycles. The number of nitrogens with one attached hydrogen (secondary N) is 1. The summed E-state index contributed by atoms with van der Waals surface area (Å²) in [5.74, 6) is 1.39. The van der Waals surface area contributed by atoms with Gasteiger partial charge in [0.2, 0.25) is 11.8 Å². The summed E-state index contributed by atoms with van der Waals surface area (Å²) in [5, 5.41) is 3.59. The Bertz CT molecular complexity index is 1210. The lowest BCUT2D eigenvalue weighted by Crippen LogP contribution is -2.31. The van der Waals surface area contributed by atoms with E-state index in [9.17, 15) is 4.79 Å². The highest BCUT2D eigenvalue weighted by Crippen LogP contribution is 2.37. The van der Waals surface area contributed by atoms with Gasteiger partial charge in [-0.3, -0.25) is 9.36 Å². The Labute approximate surface area is 193 Å². The number of hydrogen-bond donors (Lipinski definition) is 1. The van der Waals surface area contributed by atoms with E-state index >= 15 is 0 Å². The Morgan fingerprint density at radius 3 is 2.58 bits per heavy atom. The van der Waals surface area contributed by atoms with Gasteiger partial charge in [0.1, 0.15) is 11.5 Å². The lowest BCUT2D eigenvalue weighted by Gasteiger charge is -2.26. The van der Waals surface area contributed by atoms with Gasteiger partial charge >= 0.3 is 0 Å². The summed E-state index contributed by atoms with van der Waals surface area (Å²) >= 11 is 0. The summed E-state index contributed by atoms with van der Waals surface area (Å²) in [4.78, 5) is 22.5. The number of fused-ring (bicyclic) bond motifs is 1. The van der Waals surface area contributed by atoms with Crippen LogP contribution in [0.1, 0.15) is 36.7 Å². The maximum absolute atomic E-state index is 13.5. The fourth-order valence-electron chi connectivity index (χ4n) is 4.47. The molecule has 0 radical (unpaired) electrons. The van der Waals surface area contributed by atoms with Gasteiger partial charge in [-0.25, -0.2) is 4.98 Å². The van der Waals surface area contributed by atoms with E-state index in [0.717, 1.165) is 6.42 Å². The van der Waals surface area contributed by atoms with Gasteiger partial charge in [0.05, 0.1) is 37.6 Å². The molecule has 1 N–H and O–H groups in total. The Morgan fingerprint density at radius 2 is 1.88 bits per heavy atom. The summed E-state index contributed by atoms with van der Waals surface area (Å²) in [6, 6.07) is 11.7. The normalized spacial score (nSPS) is 17.0. The third-order valence-corrected chi connectivity index (χ3v) is 6.00. The number of anilines is 1. The van der Waals surface area contributed by atoms with Crippen molar-refractivity contribution in [1.82, 2.24) is 14.5 Å². The molecule has 0 saturated heterocycles. The first-order valence-electron chi connectivity index (χ1n) is 11.2. The van der Waals surface area contributed by atoms with Gasteiger partial charge in [-0.05, 0) is 38.0 Å². The van der Waals surface area contributed by atoms with E-state index in [0.29, 0.717) is 47.7 Å². The smallest absolute Gasteiger partial charge is 0.278 e. The van der Waals surface area contributed by atoms with Gasteiger partial charge in [0.25, 0.3) is 5.56 Å². The molecule has 2 aromatic heterocycles. The second-order valence-corrected chi connectivity index (χ2v) is 7.87. The van der Waals surface area contributed by atoms with Crippen LogP contribution in [0.4, 0.5) is 5.82 Å². The van der Waals surface area contributed by atoms with E-state index in [4.69, 9.17) is 14.2 Å². The fraction of sp³-hybridized carbons (Fsp3) is 0.400. The molecule has 8 nitrogen and oxygen atoms in total. The number of aryl methyl sites for hydroxylation is 1. The van der Waals surface area contributed by atoms with Crippen molar-refractivity contribution in [2.45, 2.75) is 45.9 Å². The van der Waals surface area contributed by atoms with Crippen LogP contribution in [0.15, 0.2) is 41.2 Å². The number of rotatable bonds is 8. The molecule has 0 aliphatic heterocycles. The number of methoxy groups -OCH3 is 2. The molecule has 1 aliphatic rings. The highest BCUT2D eigenvalue weighted by molar-refractivity contribution is 5.66. The molecule has 8 heteroatoms. The number of benzene rings is 1. The van der Waals surface area contributed by atoms with Crippen LogP contribution in [0.3, 0.4) is 0 Å². The van der Waals surface area contributed by atoms with E-state index in [2.05, 4.69) is 27.4 Å². The molecule has 0 fully saturated rings. The minimum Gasteiger partial charge on any atom is -0.481 e. The molecular formula is C25H30N4O4. The van der Waals surface area contributed by atoms with Crippen molar-refractivity contribution >= 4 is 5.82 Å². The molecule has 1 aliphatic carbocycles. The molecule has 33 heavy (non-hydrogen) atoms. The summed E-state index contributed by atoms with van der Waals surface area (Å²) in [6.07, 6.45) is 0.815. The maximum atomic E-state index is 13.5. The zero-order valence-corrected chi connectivity index (χ0v) is 19.7. The zero-order valence-electron chi connectivity index (χ0n) is 19.7. The average Bonchev–Trinajstić information content (AvgIpc) is 3.18. The second-order valence-electron chi connectivity index (χ2n) is 7.87. The van der Waals surface area contributed by atoms with Crippen LogP contribution in [-0.4, -0.2) is 41.5 Å².